The van der Waals surface area contributed by atoms with Crippen LogP contribution in [0.4, 0.5) is 5.69 Å². The molecule has 0 aromatic heterocycles. The van der Waals surface area contributed by atoms with E-state index in [4.69, 9.17) is 19.9 Å². The standard InChI is InChI=1S/C15H14BrNO3/c1-9-6-10(16)2-3-12(9)20-13-8-15-14(7-11(13)17)18-4-5-19-15/h2-3,6-8H,4-5,17H2,1H3. The second kappa shape index (κ2) is 5.25. The van der Waals surface area contributed by atoms with Gasteiger partial charge in [-0.2, -0.15) is 0 Å². The Balaban J connectivity index is 1.94. The molecule has 4 nitrogen and oxygen atoms in total. The van der Waals surface area contributed by atoms with Crippen LogP contribution in [0.5, 0.6) is 23.0 Å². The molecule has 2 aromatic carbocycles. The van der Waals surface area contributed by atoms with Crippen LogP contribution in [-0.4, -0.2) is 13.2 Å². The van der Waals surface area contributed by atoms with Crippen LogP contribution < -0.4 is 19.9 Å². The van der Waals surface area contributed by atoms with Gasteiger partial charge in [0.05, 0.1) is 5.69 Å². The SMILES string of the molecule is Cc1cc(Br)ccc1Oc1cc2c(cc1N)OCCO2. The molecule has 104 valence electrons. The first-order valence-electron chi connectivity index (χ1n) is 6.26. The smallest absolute Gasteiger partial charge is 0.165 e. The van der Waals surface area contributed by atoms with Gasteiger partial charge in [-0.3, -0.25) is 0 Å². The summed E-state index contributed by atoms with van der Waals surface area (Å²) in [6, 6.07) is 9.32. The zero-order valence-corrected chi connectivity index (χ0v) is 12.6. The minimum absolute atomic E-state index is 0.525. The predicted molar refractivity (Wildman–Crippen MR) is 80.8 cm³/mol. The van der Waals surface area contributed by atoms with Gasteiger partial charge in [-0.25, -0.2) is 0 Å². The highest BCUT2D eigenvalue weighted by Crippen LogP contribution is 2.40. The Labute approximate surface area is 125 Å². The Bertz CT molecular complexity index is 658. The van der Waals surface area contributed by atoms with Crippen LogP contribution in [-0.2, 0) is 0 Å². The van der Waals surface area contributed by atoms with Crippen LogP contribution in [0, 0.1) is 6.92 Å². The van der Waals surface area contributed by atoms with Crippen molar-refractivity contribution >= 4 is 21.6 Å². The van der Waals surface area contributed by atoms with Crippen molar-refractivity contribution in [2.24, 2.45) is 0 Å². The lowest BCUT2D eigenvalue weighted by Crippen LogP contribution is -2.15. The average Bonchev–Trinajstić information content (AvgIpc) is 2.42. The molecule has 0 bridgehead atoms. The highest BCUT2D eigenvalue weighted by molar-refractivity contribution is 9.10. The minimum Gasteiger partial charge on any atom is -0.486 e. The fourth-order valence-electron chi connectivity index (χ4n) is 2.02. The average molecular weight is 336 g/mol. The van der Waals surface area contributed by atoms with E-state index in [0.717, 1.165) is 15.8 Å². The van der Waals surface area contributed by atoms with E-state index in [0.29, 0.717) is 36.1 Å². The predicted octanol–water partition coefficient (Wildman–Crippen LogP) is 3.90. The molecule has 3 rings (SSSR count). The quantitative estimate of drug-likeness (QED) is 0.845. The number of rotatable bonds is 2. The highest BCUT2D eigenvalue weighted by Gasteiger charge is 2.16. The number of anilines is 1. The van der Waals surface area contributed by atoms with Crippen LogP contribution in [0.15, 0.2) is 34.8 Å². The lowest BCUT2D eigenvalue weighted by Gasteiger charge is -2.20. The first-order chi connectivity index (χ1) is 9.63. The number of aryl methyl sites for hydroxylation is 1. The zero-order valence-electron chi connectivity index (χ0n) is 11.0. The van der Waals surface area contributed by atoms with E-state index in [-0.39, 0.29) is 0 Å². The van der Waals surface area contributed by atoms with Crippen molar-refractivity contribution < 1.29 is 14.2 Å². The molecule has 0 amide bonds. The van der Waals surface area contributed by atoms with E-state index in [1.807, 2.05) is 25.1 Å². The highest BCUT2D eigenvalue weighted by atomic mass is 79.9. The third kappa shape index (κ3) is 2.54. The summed E-state index contributed by atoms with van der Waals surface area (Å²) in [5.74, 6) is 2.65. The molecule has 0 saturated carbocycles. The first kappa shape index (κ1) is 13.1. The summed E-state index contributed by atoms with van der Waals surface area (Å²) in [5.41, 5.74) is 7.55. The lowest BCUT2D eigenvalue weighted by atomic mass is 10.2. The second-order valence-electron chi connectivity index (χ2n) is 4.55. The third-order valence-corrected chi connectivity index (χ3v) is 3.52. The van der Waals surface area contributed by atoms with Crippen molar-refractivity contribution in [3.8, 4) is 23.0 Å². The van der Waals surface area contributed by atoms with Crippen LogP contribution in [0.3, 0.4) is 0 Å². The largest absolute Gasteiger partial charge is 0.486 e. The molecule has 5 heteroatoms. The third-order valence-electron chi connectivity index (χ3n) is 3.03. The van der Waals surface area contributed by atoms with Crippen LogP contribution in [0.25, 0.3) is 0 Å². The molecule has 2 aromatic rings. The van der Waals surface area contributed by atoms with Crippen molar-refractivity contribution in [1.82, 2.24) is 0 Å². The number of halogens is 1. The van der Waals surface area contributed by atoms with Crippen molar-refractivity contribution in [2.75, 3.05) is 18.9 Å². The van der Waals surface area contributed by atoms with Gasteiger partial charge in [0, 0.05) is 16.6 Å². The van der Waals surface area contributed by atoms with Gasteiger partial charge in [0.15, 0.2) is 17.2 Å². The Morgan fingerprint density at radius 2 is 1.75 bits per heavy atom. The van der Waals surface area contributed by atoms with E-state index < -0.39 is 0 Å². The number of hydrogen-bond donors (Lipinski definition) is 1. The summed E-state index contributed by atoms with van der Waals surface area (Å²) in [5, 5.41) is 0. The molecule has 0 aliphatic carbocycles. The maximum atomic E-state index is 6.00. The Morgan fingerprint density at radius 1 is 1.05 bits per heavy atom. The molecular formula is C15H14BrNO3. The van der Waals surface area contributed by atoms with Gasteiger partial charge in [-0.05, 0) is 30.7 Å². The maximum Gasteiger partial charge on any atom is 0.165 e. The molecule has 0 radical (unpaired) electrons. The van der Waals surface area contributed by atoms with Crippen molar-refractivity contribution in [3.05, 3.63) is 40.4 Å². The molecular weight excluding hydrogens is 322 g/mol. The fourth-order valence-corrected chi connectivity index (χ4v) is 2.50. The maximum absolute atomic E-state index is 6.00. The van der Waals surface area contributed by atoms with Gasteiger partial charge in [0.25, 0.3) is 0 Å². The molecule has 1 aliphatic rings. The molecule has 0 spiro atoms. The van der Waals surface area contributed by atoms with E-state index in [9.17, 15) is 0 Å². The summed E-state index contributed by atoms with van der Waals surface area (Å²) in [4.78, 5) is 0. The van der Waals surface area contributed by atoms with Crippen LogP contribution in [0.2, 0.25) is 0 Å². The Kier molecular flexibility index (Phi) is 3.44. The lowest BCUT2D eigenvalue weighted by molar-refractivity contribution is 0.171. The normalized spacial score (nSPS) is 13.1. The van der Waals surface area contributed by atoms with Gasteiger partial charge in [-0.15, -0.1) is 0 Å². The number of benzene rings is 2. The summed E-state index contributed by atoms with van der Waals surface area (Å²) < 4.78 is 17.9. The number of nitrogen functional groups attached to an aromatic ring is 1. The van der Waals surface area contributed by atoms with E-state index in [1.165, 1.54) is 0 Å². The van der Waals surface area contributed by atoms with Gasteiger partial charge in [0.2, 0.25) is 0 Å². The van der Waals surface area contributed by atoms with E-state index in [2.05, 4.69) is 15.9 Å². The van der Waals surface area contributed by atoms with Crippen LogP contribution >= 0.6 is 15.9 Å². The topological polar surface area (TPSA) is 53.7 Å². The fraction of sp³-hybridized carbons (Fsp3) is 0.200. The number of fused-ring (bicyclic) bond motifs is 1. The summed E-state index contributed by atoms with van der Waals surface area (Å²) in [7, 11) is 0. The molecule has 0 atom stereocenters. The molecule has 0 saturated heterocycles. The van der Waals surface area contributed by atoms with Crippen LogP contribution in [0.1, 0.15) is 5.56 Å². The molecule has 1 aliphatic heterocycles. The van der Waals surface area contributed by atoms with E-state index >= 15 is 0 Å². The number of ether oxygens (including phenoxy) is 3. The van der Waals surface area contributed by atoms with Crippen molar-refractivity contribution in [3.63, 3.8) is 0 Å². The Hall–Kier alpha value is -1.88. The van der Waals surface area contributed by atoms with Gasteiger partial charge >= 0.3 is 0 Å². The monoisotopic (exact) mass is 335 g/mol. The van der Waals surface area contributed by atoms with Gasteiger partial charge in [-0.1, -0.05) is 15.9 Å². The molecule has 20 heavy (non-hydrogen) atoms. The second-order valence-corrected chi connectivity index (χ2v) is 5.46. The molecule has 0 unspecified atom stereocenters. The molecule has 1 heterocycles. The van der Waals surface area contributed by atoms with Crippen molar-refractivity contribution in [1.29, 1.82) is 0 Å². The van der Waals surface area contributed by atoms with Gasteiger partial charge in [0.1, 0.15) is 19.0 Å². The first-order valence-corrected chi connectivity index (χ1v) is 7.06. The van der Waals surface area contributed by atoms with Gasteiger partial charge < -0.3 is 19.9 Å². The van der Waals surface area contributed by atoms with Crippen molar-refractivity contribution in [2.45, 2.75) is 6.92 Å². The summed E-state index contributed by atoms with van der Waals surface area (Å²) in [6.07, 6.45) is 0. The number of hydrogen-bond acceptors (Lipinski definition) is 4. The summed E-state index contributed by atoms with van der Waals surface area (Å²) in [6.45, 7) is 3.06. The minimum atomic E-state index is 0.525. The molecule has 2 N–H and O–H groups in total. The van der Waals surface area contributed by atoms with E-state index in [1.54, 1.807) is 12.1 Å². The molecule has 0 fully saturated rings. The zero-order chi connectivity index (χ0) is 14.1. The number of nitrogens with two attached hydrogens (primary N) is 1. The Morgan fingerprint density at radius 3 is 2.45 bits per heavy atom. The summed E-state index contributed by atoms with van der Waals surface area (Å²) >= 11 is 3.43.